The van der Waals surface area contributed by atoms with Crippen LogP contribution in [0.25, 0.3) is 0 Å². The summed E-state index contributed by atoms with van der Waals surface area (Å²) in [6, 6.07) is 8.88. The van der Waals surface area contributed by atoms with Crippen molar-refractivity contribution in [3.05, 3.63) is 57.9 Å². The quantitative estimate of drug-likeness (QED) is 0.901. The molecular formula is C14H13BrFN3O. The van der Waals surface area contributed by atoms with Crippen molar-refractivity contribution in [2.45, 2.75) is 6.54 Å². The zero-order valence-corrected chi connectivity index (χ0v) is 12.4. The smallest absolute Gasteiger partial charge is 0.254 e. The second-order valence-electron chi connectivity index (χ2n) is 4.08. The SMILES string of the molecule is CNc1nccc(C(=O)NCc2ccc(Br)cc2)c1F. The van der Waals surface area contributed by atoms with Crippen LogP contribution < -0.4 is 10.6 Å². The number of halogens is 2. The Kier molecular flexibility index (Phi) is 4.68. The minimum absolute atomic E-state index is 0.0264. The summed E-state index contributed by atoms with van der Waals surface area (Å²) in [6.07, 6.45) is 1.39. The molecule has 0 spiro atoms. The fraction of sp³-hybridized carbons (Fsp3) is 0.143. The van der Waals surface area contributed by atoms with Gasteiger partial charge in [-0.15, -0.1) is 0 Å². The van der Waals surface area contributed by atoms with E-state index in [9.17, 15) is 9.18 Å². The largest absolute Gasteiger partial charge is 0.371 e. The number of hydrogen-bond donors (Lipinski definition) is 2. The van der Waals surface area contributed by atoms with E-state index in [2.05, 4.69) is 31.5 Å². The molecule has 0 fully saturated rings. The Balaban J connectivity index is 2.07. The summed E-state index contributed by atoms with van der Waals surface area (Å²) in [4.78, 5) is 15.8. The van der Waals surface area contributed by atoms with Crippen LogP contribution in [0.2, 0.25) is 0 Å². The second kappa shape index (κ2) is 6.47. The highest BCUT2D eigenvalue weighted by Crippen LogP contribution is 2.15. The molecule has 4 nitrogen and oxygen atoms in total. The average molecular weight is 338 g/mol. The second-order valence-corrected chi connectivity index (χ2v) is 5.00. The summed E-state index contributed by atoms with van der Waals surface area (Å²) >= 11 is 3.34. The van der Waals surface area contributed by atoms with Gasteiger partial charge in [0, 0.05) is 24.3 Å². The van der Waals surface area contributed by atoms with Crippen LogP contribution in [0.5, 0.6) is 0 Å². The van der Waals surface area contributed by atoms with Crippen molar-refractivity contribution in [2.24, 2.45) is 0 Å². The number of carbonyl (C=O) groups excluding carboxylic acids is 1. The molecule has 0 aliphatic rings. The summed E-state index contributed by atoms with van der Waals surface area (Å²) in [6.45, 7) is 0.336. The van der Waals surface area contributed by atoms with E-state index in [-0.39, 0.29) is 11.4 Å². The predicted molar refractivity (Wildman–Crippen MR) is 79.1 cm³/mol. The van der Waals surface area contributed by atoms with E-state index in [0.29, 0.717) is 6.54 Å². The minimum Gasteiger partial charge on any atom is -0.371 e. The van der Waals surface area contributed by atoms with Crippen LogP contribution >= 0.6 is 15.9 Å². The van der Waals surface area contributed by atoms with Crippen molar-refractivity contribution >= 4 is 27.7 Å². The molecule has 2 N–H and O–H groups in total. The highest BCUT2D eigenvalue weighted by molar-refractivity contribution is 9.10. The average Bonchev–Trinajstić information content (AvgIpc) is 2.46. The lowest BCUT2D eigenvalue weighted by molar-refractivity contribution is 0.0947. The van der Waals surface area contributed by atoms with Crippen molar-refractivity contribution in [1.82, 2.24) is 10.3 Å². The van der Waals surface area contributed by atoms with Crippen LogP contribution in [0.3, 0.4) is 0 Å². The first-order valence-corrected chi connectivity index (χ1v) is 6.76. The highest BCUT2D eigenvalue weighted by Gasteiger charge is 2.14. The number of pyridine rings is 1. The predicted octanol–water partition coefficient (Wildman–Crippen LogP) is 2.95. The Hall–Kier alpha value is -1.95. The normalized spacial score (nSPS) is 10.2. The molecule has 0 aliphatic heterocycles. The lowest BCUT2D eigenvalue weighted by atomic mass is 10.2. The summed E-state index contributed by atoms with van der Waals surface area (Å²) in [5.74, 6) is -1.06. The number of carbonyl (C=O) groups is 1. The van der Waals surface area contributed by atoms with Gasteiger partial charge in [-0.2, -0.15) is 0 Å². The zero-order valence-electron chi connectivity index (χ0n) is 10.8. The molecule has 2 rings (SSSR count). The molecule has 20 heavy (non-hydrogen) atoms. The molecule has 1 aromatic carbocycles. The van der Waals surface area contributed by atoms with Crippen molar-refractivity contribution < 1.29 is 9.18 Å². The lowest BCUT2D eigenvalue weighted by Gasteiger charge is -2.08. The summed E-state index contributed by atoms with van der Waals surface area (Å²) in [5, 5.41) is 5.28. The molecular weight excluding hydrogens is 325 g/mol. The summed E-state index contributed by atoms with van der Waals surface area (Å²) in [5.41, 5.74) is 0.909. The molecule has 0 unspecified atom stereocenters. The van der Waals surface area contributed by atoms with E-state index in [1.54, 1.807) is 7.05 Å². The number of nitrogens with zero attached hydrogens (tertiary/aromatic N) is 1. The molecule has 6 heteroatoms. The van der Waals surface area contributed by atoms with Crippen molar-refractivity contribution in [1.29, 1.82) is 0 Å². The van der Waals surface area contributed by atoms with Gasteiger partial charge in [-0.1, -0.05) is 28.1 Å². The van der Waals surface area contributed by atoms with Crippen molar-refractivity contribution in [3.63, 3.8) is 0 Å². The molecule has 0 saturated carbocycles. The van der Waals surface area contributed by atoms with Crippen molar-refractivity contribution in [2.75, 3.05) is 12.4 Å². The number of rotatable bonds is 4. The topological polar surface area (TPSA) is 54.0 Å². The molecule has 0 atom stereocenters. The molecule has 2 aromatic rings. The Morgan fingerprint density at radius 1 is 1.30 bits per heavy atom. The van der Waals surface area contributed by atoms with Gasteiger partial charge in [0.15, 0.2) is 11.6 Å². The number of anilines is 1. The van der Waals surface area contributed by atoms with E-state index in [0.717, 1.165) is 10.0 Å². The van der Waals surface area contributed by atoms with Gasteiger partial charge in [0.25, 0.3) is 5.91 Å². The fourth-order valence-electron chi connectivity index (χ4n) is 1.67. The first-order chi connectivity index (χ1) is 9.61. The van der Waals surface area contributed by atoms with Crippen molar-refractivity contribution in [3.8, 4) is 0 Å². The number of hydrogen-bond acceptors (Lipinski definition) is 3. The Morgan fingerprint density at radius 2 is 2.00 bits per heavy atom. The molecule has 1 aromatic heterocycles. The first-order valence-electron chi connectivity index (χ1n) is 5.96. The van der Waals surface area contributed by atoms with Gasteiger partial charge in [0.05, 0.1) is 5.56 Å². The van der Waals surface area contributed by atoms with Gasteiger partial charge >= 0.3 is 0 Å². The van der Waals surface area contributed by atoms with Crippen LogP contribution in [-0.2, 0) is 6.54 Å². The van der Waals surface area contributed by atoms with E-state index in [1.807, 2.05) is 24.3 Å². The molecule has 0 radical (unpaired) electrons. The highest BCUT2D eigenvalue weighted by atomic mass is 79.9. The Bertz CT molecular complexity index is 616. The third-order valence-corrected chi connectivity index (χ3v) is 3.27. The molecule has 104 valence electrons. The standard InChI is InChI=1S/C14H13BrFN3O/c1-17-13-12(16)11(6-7-18-13)14(20)19-8-9-2-4-10(15)5-3-9/h2-7H,8H2,1H3,(H,17,18)(H,19,20). The van der Waals surface area contributed by atoms with Crippen LogP contribution in [-0.4, -0.2) is 17.9 Å². The van der Waals surface area contributed by atoms with Crippen LogP contribution in [0, 0.1) is 5.82 Å². The summed E-state index contributed by atoms with van der Waals surface area (Å²) < 4.78 is 14.9. The van der Waals surface area contributed by atoms with Gasteiger partial charge in [-0.3, -0.25) is 4.79 Å². The maximum absolute atomic E-state index is 13.9. The van der Waals surface area contributed by atoms with Gasteiger partial charge < -0.3 is 10.6 Å². The number of amides is 1. The lowest BCUT2D eigenvalue weighted by Crippen LogP contribution is -2.24. The van der Waals surface area contributed by atoms with E-state index >= 15 is 0 Å². The third-order valence-electron chi connectivity index (χ3n) is 2.74. The van der Waals surface area contributed by atoms with E-state index in [1.165, 1.54) is 12.3 Å². The van der Waals surface area contributed by atoms with Crippen LogP contribution in [0.15, 0.2) is 41.0 Å². The molecule has 1 heterocycles. The van der Waals surface area contributed by atoms with Gasteiger partial charge in [0.2, 0.25) is 0 Å². The minimum atomic E-state index is -0.650. The van der Waals surface area contributed by atoms with E-state index in [4.69, 9.17) is 0 Å². The van der Waals surface area contributed by atoms with E-state index < -0.39 is 11.7 Å². The number of aromatic nitrogens is 1. The van der Waals surface area contributed by atoms with Crippen LogP contribution in [0.1, 0.15) is 15.9 Å². The molecule has 0 saturated heterocycles. The number of benzene rings is 1. The molecule has 1 amide bonds. The monoisotopic (exact) mass is 337 g/mol. The van der Waals surface area contributed by atoms with Gasteiger partial charge in [0.1, 0.15) is 0 Å². The van der Waals surface area contributed by atoms with Gasteiger partial charge in [-0.05, 0) is 23.8 Å². The fourth-order valence-corrected chi connectivity index (χ4v) is 1.94. The maximum Gasteiger partial charge on any atom is 0.254 e. The number of nitrogens with one attached hydrogen (secondary N) is 2. The summed E-state index contributed by atoms with van der Waals surface area (Å²) in [7, 11) is 1.55. The van der Waals surface area contributed by atoms with Gasteiger partial charge in [-0.25, -0.2) is 9.37 Å². The Morgan fingerprint density at radius 3 is 2.65 bits per heavy atom. The molecule has 0 bridgehead atoms. The maximum atomic E-state index is 13.9. The van der Waals surface area contributed by atoms with Crippen LogP contribution in [0.4, 0.5) is 10.2 Å². The Labute approximate surface area is 124 Å². The third kappa shape index (κ3) is 3.33. The zero-order chi connectivity index (χ0) is 14.5. The molecule has 0 aliphatic carbocycles. The first kappa shape index (κ1) is 14.5.